The number of carbonyl (C=O) groups is 6. The second-order valence-corrected chi connectivity index (χ2v) is 7.94. The highest BCUT2D eigenvalue weighted by Crippen LogP contribution is 2.24. The maximum absolute atomic E-state index is 13.3. The molecule has 0 spiro atoms. The largest absolute Gasteiger partial charge is 0.465 e. The van der Waals surface area contributed by atoms with E-state index in [0.717, 1.165) is 14.2 Å². The lowest BCUT2D eigenvalue weighted by atomic mass is 10.0. The van der Waals surface area contributed by atoms with Gasteiger partial charge in [0.05, 0.1) is 73.2 Å². The monoisotopic (exact) mass is 548 g/mol. The fourth-order valence-corrected chi connectivity index (χ4v) is 3.62. The third kappa shape index (κ3) is 6.30. The van der Waals surface area contributed by atoms with E-state index in [9.17, 15) is 28.8 Å². The van der Waals surface area contributed by atoms with Gasteiger partial charge in [-0.2, -0.15) is 0 Å². The van der Waals surface area contributed by atoms with E-state index in [2.05, 4.69) is 10.6 Å². The molecule has 3 rings (SSSR count). The molecule has 0 bridgehead atoms. The molecule has 0 fully saturated rings. The molecule has 3 aromatic carbocycles. The summed E-state index contributed by atoms with van der Waals surface area (Å²) in [5.74, 6) is -4.56. The Bertz CT molecular complexity index is 1400. The van der Waals surface area contributed by atoms with E-state index in [-0.39, 0.29) is 44.8 Å². The number of methoxy groups -OCH3 is 4. The Hall–Kier alpha value is -5.52. The molecule has 0 heterocycles. The molecule has 0 radical (unpaired) electrons. The standard InChI is InChI=1S/C28H24N2O10/c1-37-25(33)15-9-11-19(27(35)39-3)21(13-15)29-23(31)17-7-5-6-8-18(17)24(32)30-22-14-16(26(34)38-2)10-12-20(22)28(36)40-4/h5-14H,1-4H3,(H,29,31)(H,30,32). The van der Waals surface area contributed by atoms with Crippen molar-refractivity contribution in [1.82, 2.24) is 0 Å². The molecule has 0 aliphatic rings. The zero-order valence-electron chi connectivity index (χ0n) is 21.9. The Labute approximate surface area is 228 Å². The maximum atomic E-state index is 13.3. The van der Waals surface area contributed by atoms with Crippen LogP contribution in [-0.2, 0) is 18.9 Å². The van der Waals surface area contributed by atoms with Gasteiger partial charge in [0.15, 0.2) is 0 Å². The summed E-state index contributed by atoms with van der Waals surface area (Å²) < 4.78 is 18.9. The summed E-state index contributed by atoms with van der Waals surface area (Å²) in [6.45, 7) is 0. The van der Waals surface area contributed by atoms with Crippen molar-refractivity contribution in [2.45, 2.75) is 0 Å². The Kier molecular flexibility index (Phi) is 9.31. The summed E-state index contributed by atoms with van der Waals surface area (Å²) >= 11 is 0. The quantitative estimate of drug-likeness (QED) is 0.315. The zero-order valence-corrected chi connectivity index (χ0v) is 21.9. The minimum Gasteiger partial charge on any atom is -0.465 e. The second-order valence-electron chi connectivity index (χ2n) is 7.94. The maximum Gasteiger partial charge on any atom is 0.339 e. The van der Waals surface area contributed by atoms with E-state index < -0.39 is 35.7 Å². The van der Waals surface area contributed by atoms with Gasteiger partial charge in [-0.1, -0.05) is 12.1 Å². The van der Waals surface area contributed by atoms with Crippen LogP contribution in [0.4, 0.5) is 11.4 Å². The van der Waals surface area contributed by atoms with E-state index in [1.165, 1.54) is 74.9 Å². The highest BCUT2D eigenvalue weighted by Gasteiger charge is 2.23. The van der Waals surface area contributed by atoms with E-state index >= 15 is 0 Å². The summed E-state index contributed by atoms with van der Waals surface area (Å²) in [4.78, 5) is 75.2. The van der Waals surface area contributed by atoms with Gasteiger partial charge in [0.2, 0.25) is 0 Å². The van der Waals surface area contributed by atoms with E-state index in [1.807, 2.05) is 0 Å². The number of rotatable bonds is 8. The molecular weight excluding hydrogens is 524 g/mol. The van der Waals surface area contributed by atoms with Gasteiger partial charge in [-0.3, -0.25) is 9.59 Å². The SMILES string of the molecule is COC(=O)c1ccc(C(=O)OC)c(NC(=O)c2ccccc2C(=O)Nc2cc(C(=O)OC)ccc2C(=O)OC)c1. The molecule has 2 N–H and O–H groups in total. The van der Waals surface area contributed by atoms with Crippen LogP contribution < -0.4 is 10.6 Å². The predicted molar refractivity (Wildman–Crippen MR) is 141 cm³/mol. The first-order valence-electron chi connectivity index (χ1n) is 11.5. The Balaban J connectivity index is 1.99. The number of hydrogen-bond donors (Lipinski definition) is 2. The average molecular weight is 549 g/mol. The van der Waals surface area contributed by atoms with Crippen LogP contribution in [0.2, 0.25) is 0 Å². The van der Waals surface area contributed by atoms with Gasteiger partial charge in [-0.15, -0.1) is 0 Å². The number of carbonyl (C=O) groups excluding carboxylic acids is 6. The number of nitrogens with one attached hydrogen (secondary N) is 2. The molecule has 0 aromatic heterocycles. The van der Waals surface area contributed by atoms with Crippen molar-refractivity contribution >= 4 is 47.1 Å². The Morgan fingerprint density at radius 2 is 0.825 bits per heavy atom. The zero-order chi connectivity index (χ0) is 29.4. The van der Waals surface area contributed by atoms with Crippen LogP contribution in [-0.4, -0.2) is 64.1 Å². The Morgan fingerprint density at radius 1 is 0.475 bits per heavy atom. The molecule has 3 aromatic rings. The van der Waals surface area contributed by atoms with Gasteiger partial charge in [0.25, 0.3) is 11.8 Å². The van der Waals surface area contributed by atoms with Gasteiger partial charge in [0, 0.05) is 0 Å². The summed E-state index contributed by atoms with van der Waals surface area (Å²) in [5, 5.41) is 5.06. The van der Waals surface area contributed by atoms with Crippen molar-refractivity contribution in [3.63, 3.8) is 0 Å². The predicted octanol–water partition coefficient (Wildman–Crippen LogP) is 3.34. The molecular formula is C28H24N2O10. The van der Waals surface area contributed by atoms with Gasteiger partial charge < -0.3 is 29.6 Å². The highest BCUT2D eigenvalue weighted by atomic mass is 16.5. The van der Waals surface area contributed by atoms with Crippen LogP contribution in [0.15, 0.2) is 60.7 Å². The molecule has 0 atom stereocenters. The summed E-state index contributed by atoms with van der Waals surface area (Å²) in [6, 6.07) is 13.4. The lowest BCUT2D eigenvalue weighted by Gasteiger charge is -2.15. The molecule has 0 aliphatic heterocycles. The van der Waals surface area contributed by atoms with Crippen LogP contribution in [0, 0.1) is 0 Å². The van der Waals surface area contributed by atoms with Crippen molar-refractivity contribution in [3.05, 3.63) is 94.0 Å². The van der Waals surface area contributed by atoms with Crippen molar-refractivity contribution in [3.8, 4) is 0 Å². The number of hydrogen-bond acceptors (Lipinski definition) is 10. The number of anilines is 2. The lowest BCUT2D eigenvalue weighted by Crippen LogP contribution is -2.22. The van der Waals surface area contributed by atoms with Crippen molar-refractivity contribution in [2.24, 2.45) is 0 Å². The van der Waals surface area contributed by atoms with Gasteiger partial charge in [-0.25, -0.2) is 19.2 Å². The summed E-state index contributed by atoms with van der Waals surface area (Å²) in [6.07, 6.45) is 0. The van der Waals surface area contributed by atoms with Crippen LogP contribution in [0.25, 0.3) is 0 Å². The minimum atomic E-state index is -0.797. The molecule has 12 heteroatoms. The highest BCUT2D eigenvalue weighted by molar-refractivity contribution is 6.17. The first-order valence-corrected chi connectivity index (χ1v) is 11.5. The topological polar surface area (TPSA) is 163 Å². The second kappa shape index (κ2) is 12.8. The van der Waals surface area contributed by atoms with Gasteiger partial charge >= 0.3 is 23.9 Å². The fourth-order valence-electron chi connectivity index (χ4n) is 3.62. The molecule has 40 heavy (non-hydrogen) atoms. The molecule has 12 nitrogen and oxygen atoms in total. The van der Waals surface area contributed by atoms with Crippen molar-refractivity contribution < 1.29 is 47.7 Å². The molecule has 0 unspecified atom stereocenters. The van der Waals surface area contributed by atoms with Crippen LogP contribution in [0.5, 0.6) is 0 Å². The number of amides is 2. The number of esters is 4. The molecule has 0 saturated carbocycles. The van der Waals surface area contributed by atoms with E-state index in [0.29, 0.717) is 0 Å². The van der Waals surface area contributed by atoms with Crippen molar-refractivity contribution in [2.75, 3.05) is 39.1 Å². The third-order valence-electron chi connectivity index (χ3n) is 5.60. The number of ether oxygens (including phenoxy) is 4. The van der Waals surface area contributed by atoms with Crippen LogP contribution >= 0.6 is 0 Å². The van der Waals surface area contributed by atoms with Gasteiger partial charge in [0.1, 0.15) is 0 Å². The van der Waals surface area contributed by atoms with Crippen LogP contribution in [0.3, 0.4) is 0 Å². The van der Waals surface area contributed by atoms with Crippen LogP contribution in [0.1, 0.15) is 62.1 Å². The fraction of sp³-hybridized carbons (Fsp3) is 0.143. The first-order chi connectivity index (χ1) is 19.1. The number of benzene rings is 3. The first kappa shape index (κ1) is 29.0. The average Bonchev–Trinajstić information content (AvgIpc) is 2.99. The smallest absolute Gasteiger partial charge is 0.339 e. The summed E-state index contributed by atoms with van der Waals surface area (Å²) in [5.41, 5.74) is -0.330. The molecule has 0 saturated heterocycles. The Morgan fingerprint density at radius 3 is 1.15 bits per heavy atom. The van der Waals surface area contributed by atoms with Crippen molar-refractivity contribution in [1.29, 1.82) is 0 Å². The normalized spacial score (nSPS) is 10.1. The van der Waals surface area contributed by atoms with Gasteiger partial charge in [-0.05, 0) is 48.5 Å². The molecule has 0 aliphatic carbocycles. The molecule has 2 amide bonds. The third-order valence-corrected chi connectivity index (χ3v) is 5.60. The lowest BCUT2D eigenvalue weighted by molar-refractivity contribution is 0.0587. The summed E-state index contributed by atoms with van der Waals surface area (Å²) in [7, 11) is 4.66. The molecule has 206 valence electrons. The minimum absolute atomic E-state index is 0.0484. The van der Waals surface area contributed by atoms with E-state index in [1.54, 1.807) is 0 Å². The van der Waals surface area contributed by atoms with E-state index in [4.69, 9.17) is 18.9 Å².